The highest BCUT2D eigenvalue weighted by atomic mass is 35.5. The lowest BCUT2D eigenvalue weighted by molar-refractivity contribution is -0.377. The van der Waals surface area contributed by atoms with E-state index < -0.39 is 11.6 Å². The molecule has 2 rings (SSSR count). The third-order valence-corrected chi connectivity index (χ3v) is 2.16. The summed E-state index contributed by atoms with van der Waals surface area (Å²) in [5, 5.41) is 0. The van der Waals surface area contributed by atoms with Gasteiger partial charge in [0.05, 0.1) is 0 Å². The molecule has 0 bridgehead atoms. The van der Waals surface area contributed by atoms with Crippen molar-refractivity contribution in [2.75, 3.05) is 5.73 Å². The van der Waals surface area contributed by atoms with E-state index in [1.165, 1.54) is 6.07 Å². The molecule has 3 N–H and O–H groups in total. The molecule has 2 aromatic rings. The van der Waals surface area contributed by atoms with Crippen LogP contribution in [0.1, 0.15) is 5.69 Å². The number of aromatic amines is 1. The van der Waals surface area contributed by atoms with Gasteiger partial charge < -0.3 is 17.1 Å². The van der Waals surface area contributed by atoms with Crippen LogP contribution in [0.2, 0.25) is 0 Å². The lowest BCUT2D eigenvalue weighted by atomic mass is 10.3. The molecule has 0 unspecified atom stereocenters. The summed E-state index contributed by atoms with van der Waals surface area (Å²) in [6, 6.07) is 8.38. The summed E-state index contributed by atoms with van der Waals surface area (Å²) in [5.41, 5.74) is 6.25. The van der Waals surface area contributed by atoms with Gasteiger partial charge in [-0.05, 0) is 18.2 Å². The number of anilines is 1. The van der Waals surface area contributed by atoms with Crippen LogP contribution in [0.3, 0.4) is 0 Å². The van der Waals surface area contributed by atoms with Crippen LogP contribution in [0.25, 0.3) is 0 Å². The molecular formula is C12H11ClF2N2O. The van der Waals surface area contributed by atoms with Gasteiger partial charge in [0.25, 0.3) is 5.82 Å². The van der Waals surface area contributed by atoms with Crippen LogP contribution < -0.4 is 27.9 Å². The lowest BCUT2D eigenvalue weighted by Crippen LogP contribution is -3.00. The molecule has 1 aromatic heterocycles. The molecule has 0 atom stereocenters. The Kier molecular flexibility index (Phi) is 4.85. The summed E-state index contributed by atoms with van der Waals surface area (Å²) >= 11 is 0. The van der Waals surface area contributed by atoms with Gasteiger partial charge in [-0.15, -0.1) is 0 Å². The van der Waals surface area contributed by atoms with E-state index in [2.05, 4.69) is 4.98 Å². The molecule has 0 aliphatic heterocycles. The topological polar surface area (TPSA) is 49.4 Å². The number of hydrogen-bond acceptors (Lipinski definition) is 2. The van der Waals surface area contributed by atoms with Crippen LogP contribution in [0.4, 0.5) is 14.6 Å². The quantitative estimate of drug-likeness (QED) is 0.775. The largest absolute Gasteiger partial charge is 1.00 e. The highest BCUT2D eigenvalue weighted by Crippen LogP contribution is 2.18. The standard InChI is InChI=1S/C12H10F2N2O.ClH/c13-8-4-5-11(10(14)6-8)17-7-9-2-1-3-12(15)16-9;/h1-6H,7H2,(H2,15,16);1H. The molecule has 6 heteroatoms. The first kappa shape index (κ1) is 14.2. The number of hydrogen-bond donors (Lipinski definition) is 1. The van der Waals surface area contributed by atoms with Crippen molar-refractivity contribution in [2.45, 2.75) is 6.61 Å². The Balaban J connectivity index is 0.00000162. The van der Waals surface area contributed by atoms with Crippen LogP contribution >= 0.6 is 0 Å². The van der Waals surface area contributed by atoms with Crippen molar-refractivity contribution in [1.29, 1.82) is 0 Å². The molecule has 0 aliphatic carbocycles. The summed E-state index contributed by atoms with van der Waals surface area (Å²) in [6.07, 6.45) is 0. The summed E-state index contributed by atoms with van der Waals surface area (Å²) in [6.45, 7) is 0.133. The maximum Gasteiger partial charge on any atom is 0.270 e. The zero-order valence-corrected chi connectivity index (χ0v) is 10.0. The fourth-order valence-corrected chi connectivity index (χ4v) is 1.37. The number of ether oxygens (including phenoxy) is 1. The minimum atomic E-state index is -0.728. The summed E-state index contributed by atoms with van der Waals surface area (Å²) in [7, 11) is 0. The predicted octanol–water partition coefficient (Wildman–Crippen LogP) is -1.06. The second kappa shape index (κ2) is 6.16. The van der Waals surface area contributed by atoms with Gasteiger partial charge in [0, 0.05) is 12.1 Å². The number of pyridine rings is 1. The van der Waals surface area contributed by atoms with E-state index in [1.807, 2.05) is 0 Å². The number of nitrogens with two attached hydrogens (primary N) is 1. The normalized spacial score (nSPS) is 9.67. The van der Waals surface area contributed by atoms with Gasteiger partial charge in [-0.1, -0.05) is 6.07 Å². The van der Waals surface area contributed by atoms with E-state index in [1.54, 1.807) is 18.2 Å². The van der Waals surface area contributed by atoms with Crippen LogP contribution in [-0.2, 0) is 6.61 Å². The predicted molar refractivity (Wildman–Crippen MR) is 58.1 cm³/mol. The molecule has 1 heterocycles. The molecule has 0 aliphatic rings. The first-order valence-corrected chi connectivity index (χ1v) is 5.00. The molecular weight excluding hydrogens is 262 g/mol. The number of rotatable bonds is 3. The number of aromatic nitrogens is 1. The number of halogens is 3. The maximum atomic E-state index is 13.2. The lowest BCUT2D eigenvalue weighted by Gasteiger charge is -2.05. The molecule has 0 spiro atoms. The summed E-state index contributed by atoms with van der Waals surface area (Å²) in [5.74, 6) is -0.868. The van der Waals surface area contributed by atoms with E-state index in [9.17, 15) is 8.78 Å². The van der Waals surface area contributed by atoms with Crippen molar-refractivity contribution >= 4 is 5.82 Å². The number of nitrogen functional groups attached to an aromatic ring is 1. The van der Waals surface area contributed by atoms with Crippen molar-refractivity contribution in [3.8, 4) is 5.75 Å². The summed E-state index contributed by atoms with van der Waals surface area (Å²) < 4.78 is 31.1. The van der Waals surface area contributed by atoms with Crippen molar-refractivity contribution in [1.82, 2.24) is 0 Å². The fourth-order valence-electron chi connectivity index (χ4n) is 1.37. The van der Waals surface area contributed by atoms with Crippen LogP contribution in [0.15, 0.2) is 36.4 Å². The number of H-pyrrole nitrogens is 1. The molecule has 0 radical (unpaired) electrons. The fraction of sp³-hybridized carbons (Fsp3) is 0.0833. The highest BCUT2D eigenvalue weighted by Gasteiger charge is 2.06. The van der Waals surface area contributed by atoms with E-state index in [4.69, 9.17) is 10.5 Å². The Morgan fingerprint density at radius 2 is 1.94 bits per heavy atom. The Bertz CT molecular complexity index is 537. The average Bonchev–Trinajstić information content (AvgIpc) is 2.28. The van der Waals surface area contributed by atoms with E-state index in [0.29, 0.717) is 11.5 Å². The van der Waals surface area contributed by atoms with Crippen LogP contribution in [-0.4, -0.2) is 0 Å². The third kappa shape index (κ3) is 3.56. The smallest absolute Gasteiger partial charge is 0.270 e. The Labute approximate surface area is 109 Å². The highest BCUT2D eigenvalue weighted by molar-refractivity contribution is 5.25. The van der Waals surface area contributed by atoms with E-state index in [-0.39, 0.29) is 24.8 Å². The minimum absolute atomic E-state index is 0. The third-order valence-electron chi connectivity index (χ3n) is 2.16. The van der Waals surface area contributed by atoms with Crippen molar-refractivity contribution in [2.24, 2.45) is 0 Å². The van der Waals surface area contributed by atoms with E-state index in [0.717, 1.165) is 12.1 Å². The van der Waals surface area contributed by atoms with Crippen molar-refractivity contribution in [3.63, 3.8) is 0 Å². The van der Waals surface area contributed by atoms with Gasteiger partial charge in [0.2, 0.25) is 0 Å². The van der Waals surface area contributed by atoms with Gasteiger partial charge in [0.1, 0.15) is 18.1 Å². The minimum Gasteiger partial charge on any atom is -1.00 e. The zero-order chi connectivity index (χ0) is 12.3. The molecule has 1 aromatic carbocycles. The second-order valence-electron chi connectivity index (χ2n) is 3.49. The molecule has 0 saturated carbocycles. The molecule has 3 nitrogen and oxygen atoms in total. The van der Waals surface area contributed by atoms with Gasteiger partial charge in [-0.3, -0.25) is 5.73 Å². The first-order chi connectivity index (χ1) is 8.15. The molecule has 18 heavy (non-hydrogen) atoms. The molecule has 0 amide bonds. The van der Waals surface area contributed by atoms with Crippen LogP contribution in [0, 0.1) is 11.6 Å². The SMILES string of the molecule is Nc1cccc(COc2ccc(F)cc2F)[nH+]1.[Cl-]. The summed E-state index contributed by atoms with van der Waals surface area (Å²) in [4.78, 5) is 2.86. The average molecular weight is 273 g/mol. The second-order valence-corrected chi connectivity index (χ2v) is 3.49. The molecule has 0 fully saturated rings. The Morgan fingerprint density at radius 3 is 2.61 bits per heavy atom. The first-order valence-electron chi connectivity index (χ1n) is 5.00. The van der Waals surface area contributed by atoms with Gasteiger partial charge in [-0.25, -0.2) is 13.8 Å². The molecule has 0 saturated heterocycles. The maximum absolute atomic E-state index is 13.2. The number of nitrogens with one attached hydrogen (secondary N) is 1. The van der Waals surface area contributed by atoms with E-state index >= 15 is 0 Å². The van der Waals surface area contributed by atoms with Gasteiger partial charge in [-0.2, -0.15) is 0 Å². The number of benzene rings is 1. The van der Waals surface area contributed by atoms with Crippen LogP contribution in [0.5, 0.6) is 5.75 Å². The monoisotopic (exact) mass is 272 g/mol. The zero-order valence-electron chi connectivity index (χ0n) is 9.29. The van der Waals surface area contributed by atoms with Gasteiger partial charge >= 0.3 is 0 Å². The Hall–Kier alpha value is -1.88. The molecule has 96 valence electrons. The van der Waals surface area contributed by atoms with Crippen molar-refractivity contribution < 1.29 is 30.9 Å². The van der Waals surface area contributed by atoms with Gasteiger partial charge in [0.15, 0.2) is 11.6 Å². The Morgan fingerprint density at radius 1 is 1.17 bits per heavy atom. The van der Waals surface area contributed by atoms with Crippen molar-refractivity contribution in [3.05, 3.63) is 53.7 Å².